The summed E-state index contributed by atoms with van der Waals surface area (Å²) in [6.45, 7) is 3.47. The zero-order valence-electron chi connectivity index (χ0n) is 14.3. The fourth-order valence-corrected chi connectivity index (χ4v) is 3.37. The highest BCUT2D eigenvalue weighted by molar-refractivity contribution is 5.82. The summed E-state index contributed by atoms with van der Waals surface area (Å²) in [5.74, 6) is 0.217. The first-order valence-corrected chi connectivity index (χ1v) is 8.85. The molecule has 3 nitrogen and oxygen atoms in total. The van der Waals surface area contributed by atoms with Crippen LogP contribution >= 0.6 is 0 Å². The fourth-order valence-electron chi connectivity index (χ4n) is 3.37. The topological polar surface area (TPSA) is 32.3 Å². The normalized spacial score (nSPS) is 20.5. The third kappa shape index (κ3) is 4.45. The minimum Gasteiger partial charge on any atom is -0.333 e. The van der Waals surface area contributed by atoms with Gasteiger partial charge >= 0.3 is 0 Å². The van der Waals surface area contributed by atoms with E-state index in [0.29, 0.717) is 19.1 Å². The number of nitrogens with one attached hydrogen (secondary N) is 1. The lowest BCUT2D eigenvalue weighted by Crippen LogP contribution is -2.51. The third-order valence-corrected chi connectivity index (χ3v) is 4.66. The van der Waals surface area contributed by atoms with E-state index < -0.39 is 0 Å². The molecule has 0 aromatic heterocycles. The van der Waals surface area contributed by atoms with E-state index in [1.54, 1.807) is 0 Å². The SMILES string of the molecule is CC1CCCC(C(=O)N(Cc2ccccc2)Cc2ccccc2)N1. The van der Waals surface area contributed by atoms with Crippen LogP contribution in [0.5, 0.6) is 0 Å². The zero-order chi connectivity index (χ0) is 16.8. The van der Waals surface area contributed by atoms with Gasteiger partial charge in [-0.1, -0.05) is 60.7 Å². The molecule has 0 bridgehead atoms. The van der Waals surface area contributed by atoms with Gasteiger partial charge < -0.3 is 10.2 Å². The van der Waals surface area contributed by atoms with Crippen molar-refractivity contribution in [1.82, 2.24) is 10.2 Å². The molecule has 0 spiro atoms. The van der Waals surface area contributed by atoms with Crippen LogP contribution < -0.4 is 5.32 Å². The van der Waals surface area contributed by atoms with Crippen LogP contribution in [-0.4, -0.2) is 22.9 Å². The van der Waals surface area contributed by atoms with Gasteiger partial charge in [0.25, 0.3) is 0 Å². The fraction of sp³-hybridized carbons (Fsp3) is 0.381. The number of carbonyl (C=O) groups excluding carboxylic acids is 1. The van der Waals surface area contributed by atoms with Crippen molar-refractivity contribution >= 4 is 5.91 Å². The van der Waals surface area contributed by atoms with Crippen LogP contribution in [0.4, 0.5) is 0 Å². The van der Waals surface area contributed by atoms with E-state index in [4.69, 9.17) is 0 Å². The standard InChI is InChI=1S/C21H26N2O/c1-17-9-8-14-20(22-17)21(24)23(15-18-10-4-2-5-11-18)16-19-12-6-3-7-13-19/h2-7,10-13,17,20,22H,8-9,14-16H2,1H3. The minimum atomic E-state index is -0.0545. The second-order valence-corrected chi connectivity index (χ2v) is 6.72. The van der Waals surface area contributed by atoms with Gasteiger partial charge in [0, 0.05) is 19.1 Å². The first-order chi connectivity index (χ1) is 11.7. The van der Waals surface area contributed by atoms with E-state index in [9.17, 15) is 4.79 Å². The number of carbonyl (C=O) groups is 1. The summed E-state index contributed by atoms with van der Waals surface area (Å²) in [5, 5.41) is 3.48. The zero-order valence-corrected chi connectivity index (χ0v) is 14.3. The highest BCUT2D eigenvalue weighted by atomic mass is 16.2. The number of rotatable bonds is 5. The second-order valence-electron chi connectivity index (χ2n) is 6.72. The molecule has 1 saturated heterocycles. The number of amides is 1. The number of benzene rings is 2. The average molecular weight is 322 g/mol. The molecule has 1 aliphatic heterocycles. The number of piperidine rings is 1. The smallest absolute Gasteiger partial charge is 0.240 e. The van der Waals surface area contributed by atoms with Gasteiger partial charge in [-0.2, -0.15) is 0 Å². The van der Waals surface area contributed by atoms with Gasteiger partial charge in [0.05, 0.1) is 6.04 Å². The molecule has 0 aliphatic carbocycles. The first-order valence-electron chi connectivity index (χ1n) is 8.85. The van der Waals surface area contributed by atoms with E-state index in [1.165, 1.54) is 11.1 Å². The molecular weight excluding hydrogens is 296 g/mol. The molecule has 1 heterocycles. The van der Waals surface area contributed by atoms with Crippen molar-refractivity contribution in [2.45, 2.75) is 51.4 Å². The van der Waals surface area contributed by atoms with Crippen LogP contribution in [0, 0.1) is 0 Å². The molecule has 2 unspecified atom stereocenters. The maximum atomic E-state index is 13.1. The van der Waals surface area contributed by atoms with Gasteiger partial charge in [-0.05, 0) is 37.3 Å². The number of hydrogen-bond acceptors (Lipinski definition) is 2. The Morgan fingerprint density at radius 3 is 2.00 bits per heavy atom. The predicted octanol–water partition coefficient (Wildman–Crippen LogP) is 3.75. The van der Waals surface area contributed by atoms with E-state index in [0.717, 1.165) is 19.3 Å². The van der Waals surface area contributed by atoms with Crippen LogP contribution in [0.25, 0.3) is 0 Å². The molecule has 1 amide bonds. The summed E-state index contributed by atoms with van der Waals surface area (Å²) in [7, 11) is 0. The Bertz CT molecular complexity index is 600. The molecule has 3 heteroatoms. The Morgan fingerprint density at radius 2 is 1.50 bits per heavy atom. The lowest BCUT2D eigenvalue weighted by Gasteiger charge is -2.33. The summed E-state index contributed by atoms with van der Waals surface area (Å²) >= 11 is 0. The molecule has 2 atom stereocenters. The van der Waals surface area contributed by atoms with Crippen LogP contribution in [-0.2, 0) is 17.9 Å². The Kier molecular flexibility index (Phi) is 5.65. The van der Waals surface area contributed by atoms with E-state index in [-0.39, 0.29) is 11.9 Å². The number of hydrogen-bond donors (Lipinski definition) is 1. The Balaban J connectivity index is 1.76. The summed E-state index contributed by atoms with van der Waals surface area (Å²) in [6, 6.07) is 20.8. The molecular formula is C21H26N2O. The Labute approximate surface area is 144 Å². The largest absolute Gasteiger partial charge is 0.333 e. The van der Waals surface area contributed by atoms with E-state index in [1.807, 2.05) is 41.3 Å². The van der Waals surface area contributed by atoms with Gasteiger partial charge in [-0.3, -0.25) is 4.79 Å². The molecule has 3 rings (SSSR count). The second kappa shape index (κ2) is 8.11. The first kappa shape index (κ1) is 16.7. The lowest BCUT2D eigenvalue weighted by molar-refractivity contribution is -0.135. The maximum Gasteiger partial charge on any atom is 0.240 e. The predicted molar refractivity (Wildman–Crippen MR) is 97.4 cm³/mol. The van der Waals surface area contributed by atoms with Crippen LogP contribution in [0.15, 0.2) is 60.7 Å². The van der Waals surface area contributed by atoms with Crippen LogP contribution in [0.3, 0.4) is 0 Å². The highest BCUT2D eigenvalue weighted by Gasteiger charge is 2.28. The average Bonchev–Trinajstić information content (AvgIpc) is 2.62. The number of nitrogens with zero attached hydrogens (tertiary/aromatic N) is 1. The molecule has 0 radical (unpaired) electrons. The van der Waals surface area contributed by atoms with Crippen molar-refractivity contribution in [1.29, 1.82) is 0 Å². The van der Waals surface area contributed by atoms with Gasteiger partial charge in [0.2, 0.25) is 5.91 Å². The summed E-state index contributed by atoms with van der Waals surface area (Å²) in [5.41, 5.74) is 2.34. The summed E-state index contributed by atoms with van der Waals surface area (Å²) < 4.78 is 0. The highest BCUT2D eigenvalue weighted by Crippen LogP contribution is 2.17. The van der Waals surface area contributed by atoms with Crippen molar-refractivity contribution in [3.05, 3.63) is 71.8 Å². The van der Waals surface area contributed by atoms with Crippen molar-refractivity contribution < 1.29 is 4.79 Å². The van der Waals surface area contributed by atoms with Gasteiger partial charge in [-0.25, -0.2) is 0 Å². The van der Waals surface area contributed by atoms with E-state index in [2.05, 4.69) is 36.5 Å². The maximum absolute atomic E-state index is 13.1. The van der Waals surface area contributed by atoms with Gasteiger partial charge in [-0.15, -0.1) is 0 Å². The minimum absolute atomic E-state index is 0.0545. The molecule has 126 valence electrons. The van der Waals surface area contributed by atoms with Crippen LogP contribution in [0.2, 0.25) is 0 Å². The van der Waals surface area contributed by atoms with E-state index >= 15 is 0 Å². The van der Waals surface area contributed by atoms with Crippen LogP contribution in [0.1, 0.15) is 37.3 Å². The summed E-state index contributed by atoms with van der Waals surface area (Å²) in [4.78, 5) is 15.1. The van der Waals surface area contributed by atoms with Crippen molar-refractivity contribution in [3.63, 3.8) is 0 Å². The van der Waals surface area contributed by atoms with Crippen molar-refractivity contribution in [2.24, 2.45) is 0 Å². The van der Waals surface area contributed by atoms with Gasteiger partial charge in [0.1, 0.15) is 0 Å². The Morgan fingerprint density at radius 1 is 0.958 bits per heavy atom. The third-order valence-electron chi connectivity index (χ3n) is 4.66. The molecule has 1 aliphatic rings. The lowest BCUT2D eigenvalue weighted by atomic mass is 9.98. The molecule has 1 N–H and O–H groups in total. The van der Waals surface area contributed by atoms with Gasteiger partial charge in [0.15, 0.2) is 0 Å². The Hall–Kier alpha value is -2.13. The van der Waals surface area contributed by atoms with Crippen molar-refractivity contribution in [3.8, 4) is 0 Å². The molecule has 2 aromatic rings. The molecule has 2 aromatic carbocycles. The monoisotopic (exact) mass is 322 g/mol. The molecule has 24 heavy (non-hydrogen) atoms. The molecule has 1 fully saturated rings. The quantitative estimate of drug-likeness (QED) is 0.909. The summed E-state index contributed by atoms with van der Waals surface area (Å²) in [6.07, 6.45) is 3.21. The van der Waals surface area contributed by atoms with Crippen molar-refractivity contribution in [2.75, 3.05) is 0 Å². The molecule has 0 saturated carbocycles.